The second-order valence-electron chi connectivity index (χ2n) is 7.61. The van der Waals surface area contributed by atoms with Crippen molar-refractivity contribution in [2.45, 2.75) is 30.3 Å². The van der Waals surface area contributed by atoms with Gasteiger partial charge in [-0.1, -0.05) is 48.5 Å². The summed E-state index contributed by atoms with van der Waals surface area (Å²) in [6.45, 7) is 2.27. The van der Waals surface area contributed by atoms with Gasteiger partial charge in [0.2, 0.25) is 5.91 Å². The fourth-order valence-corrected chi connectivity index (χ4v) is 4.37. The molecule has 0 aromatic heterocycles. The monoisotopic (exact) mass is 416 g/mol. The maximum Gasteiger partial charge on any atom is 0.259 e. The number of thioether (sulfide) groups is 1. The van der Waals surface area contributed by atoms with E-state index in [1.54, 1.807) is 16.7 Å². The Morgan fingerprint density at radius 2 is 1.67 bits per heavy atom. The summed E-state index contributed by atoms with van der Waals surface area (Å²) in [4.78, 5) is 29.7. The van der Waals surface area contributed by atoms with Gasteiger partial charge in [-0.3, -0.25) is 14.5 Å². The lowest BCUT2D eigenvalue weighted by Gasteiger charge is -2.44. The van der Waals surface area contributed by atoms with E-state index in [-0.39, 0.29) is 11.8 Å². The second-order valence-corrected chi connectivity index (χ2v) is 8.49. The molecule has 4 nitrogen and oxygen atoms in total. The zero-order chi connectivity index (χ0) is 21.1. The molecular formula is C25H24N2O2S. The van der Waals surface area contributed by atoms with Crippen LogP contribution in [0.3, 0.4) is 0 Å². The Hall–Kier alpha value is -3.05. The molecule has 2 amide bonds. The first-order valence-electron chi connectivity index (χ1n) is 9.92. The van der Waals surface area contributed by atoms with E-state index in [4.69, 9.17) is 0 Å². The molecule has 3 aromatic rings. The number of anilines is 1. The van der Waals surface area contributed by atoms with E-state index in [1.807, 2.05) is 92.0 Å². The molecule has 0 aliphatic carbocycles. The first-order valence-corrected chi connectivity index (χ1v) is 11.1. The number of nitrogens with one attached hydrogen (secondary N) is 1. The van der Waals surface area contributed by atoms with Gasteiger partial charge in [-0.05, 0) is 54.6 Å². The van der Waals surface area contributed by atoms with E-state index in [1.165, 1.54) is 0 Å². The summed E-state index contributed by atoms with van der Waals surface area (Å²) in [5, 5.41) is 3.05. The van der Waals surface area contributed by atoms with Crippen LogP contribution in [0.1, 0.15) is 28.4 Å². The zero-order valence-corrected chi connectivity index (χ0v) is 17.9. The van der Waals surface area contributed by atoms with Crippen molar-refractivity contribution in [2.24, 2.45) is 0 Å². The van der Waals surface area contributed by atoms with Gasteiger partial charge in [-0.2, -0.15) is 0 Å². The Kier molecular flexibility index (Phi) is 5.64. The summed E-state index contributed by atoms with van der Waals surface area (Å²) in [6, 6.07) is 25.1. The van der Waals surface area contributed by atoms with Crippen LogP contribution in [0.2, 0.25) is 0 Å². The molecule has 1 aliphatic heterocycles. The third kappa shape index (κ3) is 3.73. The van der Waals surface area contributed by atoms with Gasteiger partial charge in [0.1, 0.15) is 5.54 Å². The van der Waals surface area contributed by atoms with Crippen molar-refractivity contribution in [1.82, 2.24) is 5.32 Å². The Morgan fingerprint density at radius 1 is 1.00 bits per heavy atom. The van der Waals surface area contributed by atoms with Gasteiger partial charge >= 0.3 is 0 Å². The number of rotatable bonds is 5. The van der Waals surface area contributed by atoms with Crippen LogP contribution in [0.25, 0.3) is 0 Å². The number of hydrogen-bond acceptors (Lipinski definition) is 3. The highest BCUT2D eigenvalue weighted by Gasteiger charge is 2.47. The molecule has 0 radical (unpaired) electrons. The minimum Gasteiger partial charge on any atom is -0.350 e. The van der Waals surface area contributed by atoms with Crippen LogP contribution in [-0.4, -0.2) is 23.6 Å². The van der Waals surface area contributed by atoms with Crippen LogP contribution in [0.15, 0.2) is 83.8 Å². The van der Waals surface area contributed by atoms with Crippen LogP contribution in [-0.2, 0) is 17.8 Å². The molecule has 30 heavy (non-hydrogen) atoms. The summed E-state index contributed by atoms with van der Waals surface area (Å²) < 4.78 is 0. The number of benzene rings is 3. The average Bonchev–Trinajstić information content (AvgIpc) is 2.78. The molecule has 1 N–H and O–H groups in total. The van der Waals surface area contributed by atoms with Crippen molar-refractivity contribution in [3.8, 4) is 0 Å². The Bertz CT molecular complexity index is 1070. The fraction of sp³-hybridized carbons (Fsp3) is 0.200. The highest BCUT2D eigenvalue weighted by Crippen LogP contribution is 2.36. The number of fused-ring (bicyclic) bond motifs is 1. The van der Waals surface area contributed by atoms with Crippen molar-refractivity contribution in [3.05, 3.63) is 95.6 Å². The predicted molar refractivity (Wildman–Crippen MR) is 122 cm³/mol. The molecule has 0 fully saturated rings. The largest absolute Gasteiger partial charge is 0.350 e. The summed E-state index contributed by atoms with van der Waals surface area (Å²) in [6.07, 6.45) is 2.47. The van der Waals surface area contributed by atoms with Gasteiger partial charge in [-0.25, -0.2) is 0 Å². The number of hydrogen-bond donors (Lipinski definition) is 1. The lowest BCUT2D eigenvalue weighted by Crippen LogP contribution is -2.63. The highest BCUT2D eigenvalue weighted by molar-refractivity contribution is 7.98. The van der Waals surface area contributed by atoms with Crippen molar-refractivity contribution >= 4 is 29.3 Å². The van der Waals surface area contributed by atoms with Crippen LogP contribution in [0.4, 0.5) is 5.69 Å². The highest BCUT2D eigenvalue weighted by atomic mass is 32.2. The normalized spacial score (nSPS) is 18.1. The Labute approximate surface area is 181 Å². The smallest absolute Gasteiger partial charge is 0.259 e. The van der Waals surface area contributed by atoms with E-state index in [2.05, 4.69) is 5.32 Å². The number of carbonyl (C=O) groups is 2. The predicted octanol–water partition coefficient (Wildman–Crippen LogP) is 4.69. The number of amides is 2. The standard InChI is InChI=1S/C25H24N2O2S/c1-25(24(29)26-17-18-8-4-3-5-9-18)16-19-10-6-7-11-22(19)23(28)27(25)20-12-14-21(30-2)15-13-20/h3-15H,16-17H2,1-2H3,(H,26,29)/t25-/m1/s1. The van der Waals surface area contributed by atoms with Crippen molar-refractivity contribution < 1.29 is 9.59 Å². The van der Waals surface area contributed by atoms with Crippen molar-refractivity contribution in [3.63, 3.8) is 0 Å². The zero-order valence-electron chi connectivity index (χ0n) is 17.1. The van der Waals surface area contributed by atoms with E-state index < -0.39 is 5.54 Å². The summed E-state index contributed by atoms with van der Waals surface area (Å²) in [5.74, 6) is -0.311. The second kappa shape index (κ2) is 8.36. The molecule has 1 aliphatic rings. The SMILES string of the molecule is CSc1ccc(N2C(=O)c3ccccc3C[C@]2(C)C(=O)NCc2ccccc2)cc1. The fourth-order valence-electron chi connectivity index (χ4n) is 3.96. The molecule has 0 bridgehead atoms. The third-order valence-corrected chi connectivity index (χ3v) is 6.34. The summed E-state index contributed by atoms with van der Waals surface area (Å²) in [5.41, 5.74) is 2.27. The molecule has 1 heterocycles. The minimum absolute atomic E-state index is 0.147. The molecular weight excluding hydrogens is 392 g/mol. The summed E-state index contributed by atoms with van der Waals surface area (Å²) >= 11 is 1.64. The van der Waals surface area contributed by atoms with E-state index in [0.29, 0.717) is 18.5 Å². The summed E-state index contributed by atoms with van der Waals surface area (Å²) in [7, 11) is 0. The van der Waals surface area contributed by atoms with Gasteiger partial charge in [-0.15, -0.1) is 11.8 Å². The van der Waals surface area contributed by atoms with Crippen LogP contribution in [0.5, 0.6) is 0 Å². The van der Waals surface area contributed by atoms with Gasteiger partial charge in [0.25, 0.3) is 5.91 Å². The molecule has 4 rings (SSSR count). The quantitative estimate of drug-likeness (QED) is 0.614. The average molecular weight is 417 g/mol. The van der Waals surface area contributed by atoms with E-state index >= 15 is 0 Å². The first kappa shape index (κ1) is 20.2. The molecule has 3 aromatic carbocycles. The molecule has 152 valence electrons. The molecule has 0 saturated carbocycles. The van der Waals surface area contributed by atoms with Crippen LogP contribution >= 0.6 is 11.8 Å². The van der Waals surface area contributed by atoms with Crippen LogP contribution < -0.4 is 10.2 Å². The van der Waals surface area contributed by atoms with Gasteiger partial charge in [0.15, 0.2) is 0 Å². The maximum absolute atomic E-state index is 13.5. The number of carbonyl (C=O) groups excluding carboxylic acids is 2. The first-order chi connectivity index (χ1) is 14.5. The molecule has 0 spiro atoms. The minimum atomic E-state index is -1.03. The Morgan fingerprint density at radius 3 is 2.37 bits per heavy atom. The maximum atomic E-state index is 13.5. The van der Waals surface area contributed by atoms with Gasteiger partial charge < -0.3 is 5.32 Å². The van der Waals surface area contributed by atoms with Gasteiger partial charge in [0.05, 0.1) is 0 Å². The topological polar surface area (TPSA) is 49.4 Å². The molecule has 0 unspecified atom stereocenters. The van der Waals surface area contributed by atoms with E-state index in [9.17, 15) is 9.59 Å². The van der Waals surface area contributed by atoms with E-state index in [0.717, 1.165) is 21.7 Å². The lowest BCUT2D eigenvalue weighted by atomic mass is 9.82. The Balaban J connectivity index is 1.71. The van der Waals surface area contributed by atoms with Crippen molar-refractivity contribution in [1.29, 1.82) is 0 Å². The number of nitrogens with zero attached hydrogens (tertiary/aromatic N) is 1. The van der Waals surface area contributed by atoms with Gasteiger partial charge in [0, 0.05) is 29.1 Å². The third-order valence-electron chi connectivity index (χ3n) is 5.59. The molecule has 1 atom stereocenters. The van der Waals surface area contributed by atoms with Crippen LogP contribution in [0, 0.1) is 0 Å². The van der Waals surface area contributed by atoms with Crippen molar-refractivity contribution in [2.75, 3.05) is 11.2 Å². The molecule has 5 heteroatoms. The molecule has 0 saturated heterocycles. The lowest BCUT2D eigenvalue weighted by molar-refractivity contribution is -0.126.